The summed E-state index contributed by atoms with van der Waals surface area (Å²) < 4.78 is 31.5. The topological polar surface area (TPSA) is 92.8 Å². The molecule has 1 atom stereocenters. The maximum absolute atomic E-state index is 13.0. The maximum atomic E-state index is 13.0. The Hall–Kier alpha value is -3.36. The Morgan fingerprint density at radius 2 is 1.72 bits per heavy atom. The van der Waals surface area contributed by atoms with Crippen molar-refractivity contribution in [2.24, 2.45) is 0 Å². The van der Waals surface area contributed by atoms with Crippen LogP contribution in [0.25, 0.3) is 0 Å². The summed E-state index contributed by atoms with van der Waals surface area (Å²) in [6.07, 6.45) is -0.0464. The van der Waals surface area contributed by atoms with Crippen LogP contribution in [0.2, 0.25) is 5.02 Å². The fraction of sp³-hybridized carbons (Fsp3) is 0.130. The third kappa shape index (κ3) is 4.46. The summed E-state index contributed by atoms with van der Waals surface area (Å²) in [5.74, 6) is -0.616. The first-order valence-electron chi connectivity index (χ1n) is 9.67. The Labute approximate surface area is 190 Å². The largest absolute Gasteiger partial charge is 0.476 e. The number of carbonyl (C=O) groups is 2. The predicted octanol–water partition coefficient (Wildman–Crippen LogP) is 3.74. The number of anilines is 2. The van der Waals surface area contributed by atoms with Crippen LogP contribution < -0.4 is 14.4 Å². The molecule has 7 nitrogen and oxygen atoms in total. The van der Waals surface area contributed by atoms with Gasteiger partial charge in [-0.15, -0.1) is 0 Å². The van der Waals surface area contributed by atoms with Gasteiger partial charge in [0.1, 0.15) is 5.75 Å². The summed E-state index contributed by atoms with van der Waals surface area (Å²) in [5.41, 5.74) is 1.27. The second-order valence-electron chi connectivity index (χ2n) is 7.24. The van der Waals surface area contributed by atoms with E-state index in [1.165, 1.54) is 12.1 Å². The molecule has 4 rings (SSSR count). The highest BCUT2D eigenvalue weighted by Gasteiger charge is 2.35. The van der Waals surface area contributed by atoms with Crippen LogP contribution in [0.4, 0.5) is 11.4 Å². The van der Waals surface area contributed by atoms with E-state index in [9.17, 15) is 18.0 Å². The van der Waals surface area contributed by atoms with Crippen LogP contribution in [0.15, 0.2) is 72.8 Å². The van der Waals surface area contributed by atoms with Crippen LogP contribution in [-0.4, -0.2) is 39.0 Å². The normalized spacial score (nSPS) is 15.4. The molecule has 0 saturated carbocycles. The standard InChI is InChI=1S/C23H19ClN2O5S/c1-32(29,30)26-14-21(31-20-10-6-5-9-19(20)26)23(28)25-18-12-11-16(24)13-17(18)22(27)15-7-3-2-4-8-15/h2-13,21H,14H2,1H3,(H,25,28). The molecule has 0 bridgehead atoms. The van der Waals surface area contributed by atoms with E-state index in [0.717, 1.165) is 10.6 Å². The van der Waals surface area contributed by atoms with Gasteiger partial charge in [-0.05, 0) is 30.3 Å². The van der Waals surface area contributed by atoms with E-state index in [1.54, 1.807) is 60.7 Å². The maximum Gasteiger partial charge on any atom is 0.267 e. The van der Waals surface area contributed by atoms with Crippen molar-refractivity contribution in [3.05, 3.63) is 88.9 Å². The number of fused-ring (bicyclic) bond motifs is 1. The third-order valence-electron chi connectivity index (χ3n) is 4.95. The average Bonchev–Trinajstić information content (AvgIpc) is 2.79. The van der Waals surface area contributed by atoms with Crippen molar-refractivity contribution in [2.75, 3.05) is 22.4 Å². The van der Waals surface area contributed by atoms with Crippen LogP contribution in [-0.2, 0) is 14.8 Å². The van der Waals surface area contributed by atoms with Gasteiger partial charge in [0.25, 0.3) is 5.91 Å². The lowest BCUT2D eigenvalue weighted by atomic mass is 10.0. The number of amides is 1. The molecule has 9 heteroatoms. The monoisotopic (exact) mass is 470 g/mol. The lowest BCUT2D eigenvalue weighted by Crippen LogP contribution is -2.48. The highest BCUT2D eigenvalue weighted by Crippen LogP contribution is 2.35. The van der Waals surface area contributed by atoms with Gasteiger partial charge in [0.15, 0.2) is 11.9 Å². The smallest absolute Gasteiger partial charge is 0.267 e. The Bertz CT molecular complexity index is 1290. The zero-order valence-corrected chi connectivity index (χ0v) is 18.6. The number of nitrogens with one attached hydrogen (secondary N) is 1. The second kappa shape index (κ2) is 8.64. The molecule has 0 spiro atoms. The molecule has 3 aromatic rings. The van der Waals surface area contributed by atoms with Gasteiger partial charge < -0.3 is 10.1 Å². The van der Waals surface area contributed by atoms with Gasteiger partial charge in [-0.25, -0.2) is 8.42 Å². The van der Waals surface area contributed by atoms with Crippen molar-refractivity contribution >= 4 is 44.7 Å². The number of benzene rings is 3. The summed E-state index contributed by atoms with van der Waals surface area (Å²) in [5, 5.41) is 3.04. The third-order valence-corrected chi connectivity index (χ3v) is 6.33. The second-order valence-corrected chi connectivity index (χ2v) is 9.59. The van der Waals surface area contributed by atoms with Crippen LogP contribution >= 0.6 is 11.6 Å². The highest BCUT2D eigenvalue weighted by molar-refractivity contribution is 7.92. The molecule has 3 aromatic carbocycles. The first kappa shape index (κ1) is 21.9. The number of halogens is 1. The van der Waals surface area contributed by atoms with E-state index in [4.69, 9.17) is 16.3 Å². The van der Waals surface area contributed by atoms with Crippen LogP contribution in [0, 0.1) is 0 Å². The van der Waals surface area contributed by atoms with Crippen molar-refractivity contribution in [1.82, 2.24) is 0 Å². The lowest BCUT2D eigenvalue weighted by molar-refractivity contribution is -0.122. The van der Waals surface area contributed by atoms with E-state index in [2.05, 4.69) is 5.32 Å². The van der Waals surface area contributed by atoms with E-state index in [0.29, 0.717) is 16.3 Å². The molecular weight excluding hydrogens is 452 g/mol. The summed E-state index contributed by atoms with van der Waals surface area (Å²) in [4.78, 5) is 26.0. The van der Waals surface area contributed by atoms with Crippen molar-refractivity contribution in [1.29, 1.82) is 0 Å². The molecule has 1 N–H and O–H groups in total. The van der Waals surface area contributed by atoms with Crippen molar-refractivity contribution in [3.8, 4) is 5.75 Å². The van der Waals surface area contributed by atoms with E-state index >= 15 is 0 Å². The average molecular weight is 471 g/mol. The van der Waals surface area contributed by atoms with Gasteiger partial charge in [0.05, 0.1) is 24.2 Å². The van der Waals surface area contributed by atoms with Gasteiger partial charge in [-0.1, -0.05) is 54.1 Å². The molecule has 1 aliphatic rings. The molecule has 1 heterocycles. The number of hydrogen-bond donors (Lipinski definition) is 1. The summed E-state index contributed by atoms with van der Waals surface area (Å²) in [6, 6.07) is 19.8. The van der Waals surface area contributed by atoms with Crippen molar-refractivity contribution < 1.29 is 22.7 Å². The van der Waals surface area contributed by atoms with Gasteiger partial charge in [-0.2, -0.15) is 0 Å². The Balaban J connectivity index is 1.63. The number of sulfonamides is 1. The van der Waals surface area contributed by atoms with Crippen molar-refractivity contribution in [3.63, 3.8) is 0 Å². The number of rotatable bonds is 5. The van der Waals surface area contributed by atoms with E-state index in [1.807, 2.05) is 0 Å². The fourth-order valence-electron chi connectivity index (χ4n) is 3.42. The number of carbonyl (C=O) groups excluding carboxylic acids is 2. The minimum atomic E-state index is -3.64. The molecule has 0 aliphatic carbocycles. The van der Waals surface area contributed by atoms with Gasteiger partial charge in [-0.3, -0.25) is 13.9 Å². The number of ether oxygens (including phenoxy) is 1. The minimum absolute atomic E-state index is 0.197. The number of hydrogen-bond acceptors (Lipinski definition) is 5. The molecule has 1 unspecified atom stereocenters. The summed E-state index contributed by atoms with van der Waals surface area (Å²) in [7, 11) is -3.64. The predicted molar refractivity (Wildman–Crippen MR) is 123 cm³/mol. The van der Waals surface area contributed by atoms with E-state index < -0.39 is 22.0 Å². The van der Waals surface area contributed by atoms with E-state index in [-0.39, 0.29) is 29.3 Å². The Morgan fingerprint density at radius 1 is 1.03 bits per heavy atom. The first-order valence-corrected chi connectivity index (χ1v) is 11.9. The van der Waals surface area contributed by atoms with Gasteiger partial charge >= 0.3 is 0 Å². The molecule has 0 aromatic heterocycles. The molecule has 0 radical (unpaired) electrons. The molecule has 0 fully saturated rings. The van der Waals surface area contributed by atoms with Gasteiger partial charge in [0.2, 0.25) is 10.0 Å². The minimum Gasteiger partial charge on any atom is -0.476 e. The summed E-state index contributed by atoms with van der Waals surface area (Å²) >= 11 is 6.10. The molecule has 1 amide bonds. The molecule has 164 valence electrons. The Kier molecular flexibility index (Phi) is 5.90. The molecule has 0 saturated heterocycles. The number of ketones is 1. The van der Waals surface area contributed by atoms with Crippen molar-refractivity contribution in [2.45, 2.75) is 6.10 Å². The van der Waals surface area contributed by atoms with Crippen LogP contribution in [0.1, 0.15) is 15.9 Å². The quantitative estimate of drug-likeness (QED) is 0.573. The lowest BCUT2D eigenvalue weighted by Gasteiger charge is -2.33. The first-order chi connectivity index (χ1) is 15.2. The number of nitrogens with zero attached hydrogens (tertiary/aromatic N) is 1. The molecular formula is C23H19ClN2O5S. The highest BCUT2D eigenvalue weighted by atomic mass is 35.5. The summed E-state index contributed by atoms with van der Waals surface area (Å²) in [6.45, 7) is -0.197. The fourth-order valence-corrected chi connectivity index (χ4v) is 4.51. The zero-order valence-electron chi connectivity index (χ0n) is 17.0. The van der Waals surface area contributed by atoms with Crippen LogP contribution in [0.3, 0.4) is 0 Å². The number of para-hydroxylation sites is 2. The Morgan fingerprint density at radius 3 is 2.44 bits per heavy atom. The molecule has 32 heavy (non-hydrogen) atoms. The molecule has 1 aliphatic heterocycles. The van der Waals surface area contributed by atoms with Gasteiger partial charge in [0, 0.05) is 16.1 Å². The van der Waals surface area contributed by atoms with Crippen LogP contribution in [0.5, 0.6) is 5.75 Å². The SMILES string of the molecule is CS(=O)(=O)N1CC(C(=O)Nc2ccc(Cl)cc2C(=O)c2ccccc2)Oc2ccccc21. The zero-order chi connectivity index (χ0) is 22.9.